The molecule has 3 nitrogen and oxygen atoms in total. The van der Waals surface area contributed by atoms with Gasteiger partial charge in [-0.05, 0) is 42.5 Å². The highest BCUT2D eigenvalue weighted by molar-refractivity contribution is 9.10. The summed E-state index contributed by atoms with van der Waals surface area (Å²) in [5, 5.41) is 0. The van der Waals surface area contributed by atoms with E-state index in [1.807, 2.05) is 17.0 Å². The van der Waals surface area contributed by atoms with Crippen molar-refractivity contribution >= 4 is 21.8 Å². The Morgan fingerprint density at radius 3 is 2.33 bits per heavy atom. The maximum Gasteiger partial charge on any atom is 0.253 e. The van der Waals surface area contributed by atoms with Crippen molar-refractivity contribution in [3.05, 3.63) is 69.7 Å². The van der Waals surface area contributed by atoms with Crippen molar-refractivity contribution in [2.24, 2.45) is 0 Å². The van der Waals surface area contributed by atoms with Crippen molar-refractivity contribution in [2.75, 3.05) is 26.2 Å². The quantitative estimate of drug-likeness (QED) is 0.792. The highest BCUT2D eigenvalue weighted by atomic mass is 79.9. The van der Waals surface area contributed by atoms with Gasteiger partial charge in [0, 0.05) is 48.3 Å². The predicted octanol–water partition coefficient (Wildman–Crippen LogP) is 3.69. The molecule has 0 unspecified atom stereocenters. The first-order valence-electron chi connectivity index (χ1n) is 7.74. The second-order valence-electron chi connectivity index (χ2n) is 5.81. The van der Waals surface area contributed by atoms with E-state index in [2.05, 4.69) is 15.9 Å². The van der Waals surface area contributed by atoms with Crippen molar-refractivity contribution in [3.63, 3.8) is 0 Å². The smallest absolute Gasteiger partial charge is 0.253 e. The fraction of sp³-hybridized carbons (Fsp3) is 0.278. The monoisotopic (exact) mass is 394 g/mol. The third-order valence-electron chi connectivity index (χ3n) is 4.15. The first kappa shape index (κ1) is 17.0. The topological polar surface area (TPSA) is 23.6 Å². The number of carbonyl (C=O) groups is 1. The number of hydrogen-bond donors (Lipinski definition) is 0. The van der Waals surface area contributed by atoms with E-state index in [-0.39, 0.29) is 5.91 Å². The van der Waals surface area contributed by atoms with Crippen LogP contribution in [-0.4, -0.2) is 41.9 Å². The molecule has 6 heteroatoms. The Bertz CT molecular complexity index is 728. The van der Waals surface area contributed by atoms with E-state index < -0.39 is 11.6 Å². The lowest BCUT2D eigenvalue weighted by Gasteiger charge is -2.34. The number of hydrogen-bond acceptors (Lipinski definition) is 2. The number of halogens is 3. The number of amides is 1. The molecule has 126 valence electrons. The summed E-state index contributed by atoms with van der Waals surface area (Å²) in [7, 11) is 0. The van der Waals surface area contributed by atoms with Gasteiger partial charge in [0.1, 0.15) is 11.6 Å². The second kappa shape index (κ2) is 7.40. The summed E-state index contributed by atoms with van der Waals surface area (Å²) in [4.78, 5) is 16.3. The Labute approximate surface area is 148 Å². The molecule has 0 spiro atoms. The van der Waals surface area contributed by atoms with Crippen LogP contribution in [0, 0.1) is 11.6 Å². The number of benzene rings is 2. The third-order valence-corrected chi connectivity index (χ3v) is 4.68. The highest BCUT2D eigenvalue weighted by Crippen LogP contribution is 2.16. The van der Waals surface area contributed by atoms with Crippen molar-refractivity contribution in [2.45, 2.75) is 6.54 Å². The average molecular weight is 395 g/mol. The highest BCUT2D eigenvalue weighted by Gasteiger charge is 2.22. The summed E-state index contributed by atoms with van der Waals surface area (Å²) in [5.74, 6) is -0.834. The summed E-state index contributed by atoms with van der Waals surface area (Å²) in [6, 6.07) is 10.8. The third kappa shape index (κ3) is 3.99. The van der Waals surface area contributed by atoms with Crippen LogP contribution in [-0.2, 0) is 6.54 Å². The SMILES string of the molecule is O=C(c1ccc(Br)cc1)N1CCN(Cc2cc(F)ccc2F)CC1. The molecule has 1 aliphatic rings. The molecule has 0 atom stereocenters. The van der Waals surface area contributed by atoms with E-state index >= 15 is 0 Å². The van der Waals surface area contributed by atoms with Crippen LogP contribution in [0.15, 0.2) is 46.9 Å². The Kier molecular flexibility index (Phi) is 5.26. The molecule has 2 aromatic rings. The zero-order chi connectivity index (χ0) is 17.1. The van der Waals surface area contributed by atoms with Crippen LogP contribution in [0.1, 0.15) is 15.9 Å². The molecule has 0 radical (unpaired) electrons. The minimum Gasteiger partial charge on any atom is -0.336 e. The maximum absolute atomic E-state index is 13.7. The number of piperazine rings is 1. The molecule has 1 heterocycles. The summed E-state index contributed by atoms with van der Waals surface area (Å²) >= 11 is 3.35. The lowest BCUT2D eigenvalue weighted by atomic mass is 10.1. The van der Waals surface area contributed by atoms with Crippen molar-refractivity contribution in [1.82, 2.24) is 9.80 Å². The fourth-order valence-corrected chi connectivity index (χ4v) is 3.05. The molecule has 3 rings (SSSR count). The van der Waals surface area contributed by atoms with E-state index in [0.29, 0.717) is 43.9 Å². The van der Waals surface area contributed by atoms with Crippen LogP contribution in [0.5, 0.6) is 0 Å². The average Bonchev–Trinajstić information content (AvgIpc) is 2.59. The van der Waals surface area contributed by atoms with Gasteiger partial charge in [0.25, 0.3) is 5.91 Å². The lowest BCUT2D eigenvalue weighted by molar-refractivity contribution is 0.0627. The number of carbonyl (C=O) groups excluding carboxylic acids is 1. The minimum absolute atomic E-state index is 0.000846. The van der Waals surface area contributed by atoms with Gasteiger partial charge >= 0.3 is 0 Å². The van der Waals surface area contributed by atoms with Crippen LogP contribution in [0.3, 0.4) is 0 Å². The van der Waals surface area contributed by atoms with Gasteiger partial charge in [0.05, 0.1) is 0 Å². The first-order chi connectivity index (χ1) is 11.5. The van der Waals surface area contributed by atoms with Crippen LogP contribution >= 0.6 is 15.9 Å². The van der Waals surface area contributed by atoms with Gasteiger partial charge in [-0.25, -0.2) is 8.78 Å². The van der Waals surface area contributed by atoms with Crippen LogP contribution < -0.4 is 0 Å². The summed E-state index contributed by atoms with van der Waals surface area (Å²) in [6.45, 7) is 2.78. The number of nitrogens with zero attached hydrogens (tertiary/aromatic N) is 2. The zero-order valence-corrected chi connectivity index (χ0v) is 14.6. The molecule has 0 aliphatic carbocycles. The van der Waals surface area contributed by atoms with Gasteiger partial charge in [0.15, 0.2) is 0 Å². The van der Waals surface area contributed by atoms with E-state index in [1.54, 1.807) is 17.0 Å². The van der Waals surface area contributed by atoms with Crippen LogP contribution in [0.4, 0.5) is 8.78 Å². The van der Waals surface area contributed by atoms with E-state index in [0.717, 1.165) is 16.6 Å². The van der Waals surface area contributed by atoms with Crippen molar-refractivity contribution < 1.29 is 13.6 Å². The van der Waals surface area contributed by atoms with Crippen LogP contribution in [0.2, 0.25) is 0 Å². The van der Waals surface area contributed by atoms with Gasteiger partial charge in [-0.3, -0.25) is 9.69 Å². The van der Waals surface area contributed by atoms with Crippen molar-refractivity contribution in [3.8, 4) is 0 Å². The van der Waals surface area contributed by atoms with Crippen molar-refractivity contribution in [1.29, 1.82) is 0 Å². The van der Waals surface area contributed by atoms with E-state index in [1.165, 1.54) is 6.07 Å². The van der Waals surface area contributed by atoms with Gasteiger partial charge in [0.2, 0.25) is 0 Å². The summed E-state index contributed by atoms with van der Waals surface area (Å²) in [6.07, 6.45) is 0. The molecule has 1 saturated heterocycles. The molecular weight excluding hydrogens is 378 g/mol. The predicted molar refractivity (Wildman–Crippen MR) is 91.7 cm³/mol. The molecule has 1 fully saturated rings. The minimum atomic E-state index is -0.435. The molecule has 2 aromatic carbocycles. The summed E-state index contributed by atoms with van der Waals surface area (Å²) in [5.41, 5.74) is 1.01. The zero-order valence-electron chi connectivity index (χ0n) is 13.0. The maximum atomic E-state index is 13.7. The molecule has 0 N–H and O–H groups in total. The molecule has 24 heavy (non-hydrogen) atoms. The lowest BCUT2D eigenvalue weighted by Crippen LogP contribution is -2.48. The Morgan fingerprint density at radius 2 is 1.67 bits per heavy atom. The van der Waals surface area contributed by atoms with Gasteiger partial charge in [-0.15, -0.1) is 0 Å². The molecule has 0 saturated carbocycles. The second-order valence-corrected chi connectivity index (χ2v) is 6.73. The van der Waals surface area contributed by atoms with E-state index in [4.69, 9.17) is 0 Å². The van der Waals surface area contributed by atoms with Gasteiger partial charge < -0.3 is 4.90 Å². The molecule has 1 amide bonds. The molecule has 0 bridgehead atoms. The normalized spacial score (nSPS) is 15.5. The molecular formula is C18H17BrF2N2O. The van der Waals surface area contributed by atoms with Crippen LogP contribution in [0.25, 0.3) is 0 Å². The fourth-order valence-electron chi connectivity index (χ4n) is 2.79. The molecule has 0 aromatic heterocycles. The number of rotatable bonds is 3. The Balaban J connectivity index is 1.58. The Morgan fingerprint density at radius 1 is 1.00 bits per heavy atom. The largest absolute Gasteiger partial charge is 0.336 e. The Hall–Kier alpha value is -1.79. The standard InChI is InChI=1S/C18H17BrF2N2O/c19-15-3-1-13(2-4-15)18(24)23-9-7-22(8-10-23)12-14-11-16(20)5-6-17(14)21/h1-6,11H,7-10,12H2. The molecule has 1 aliphatic heterocycles. The van der Waals surface area contributed by atoms with E-state index in [9.17, 15) is 13.6 Å². The van der Waals surface area contributed by atoms with Gasteiger partial charge in [-0.2, -0.15) is 0 Å². The van der Waals surface area contributed by atoms with Gasteiger partial charge in [-0.1, -0.05) is 15.9 Å². The first-order valence-corrected chi connectivity index (χ1v) is 8.53. The summed E-state index contributed by atoms with van der Waals surface area (Å²) < 4.78 is 27.9.